The highest BCUT2D eigenvalue weighted by Gasteiger charge is 2.37. The van der Waals surface area contributed by atoms with E-state index < -0.39 is 11.7 Å². The topological polar surface area (TPSA) is 98.7 Å². The molecule has 0 spiro atoms. The molecule has 41 heavy (non-hydrogen) atoms. The molecule has 5 aromatic rings. The van der Waals surface area contributed by atoms with Crippen LogP contribution in [0.5, 0.6) is 5.75 Å². The molecule has 0 bridgehead atoms. The van der Waals surface area contributed by atoms with E-state index in [9.17, 15) is 14.0 Å². The molecular weight excluding hydrogens is 525 g/mol. The maximum atomic E-state index is 14.6. The van der Waals surface area contributed by atoms with E-state index in [-0.39, 0.29) is 23.2 Å². The maximum Gasteiger partial charge on any atom is 0.284 e. The summed E-state index contributed by atoms with van der Waals surface area (Å²) >= 11 is 0. The van der Waals surface area contributed by atoms with Crippen LogP contribution < -0.4 is 20.5 Å². The van der Waals surface area contributed by atoms with Crippen LogP contribution in [0, 0.1) is 12.7 Å². The summed E-state index contributed by atoms with van der Waals surface area (Å²) in [6, 6.07) is 16.9. The minimum Gasteiger partial charge on any atom is -0.497 e. The Morgan fingerprint density at radius 3 is 2.71 bits per heavy atom. The highest BCUT2D eigenvalue weighted by molar-refractivity contribution is 5.95. The number of benzene rings is 2. The zero-order valence-corrected chi connectivity index (χ0v) is 23.0. The summed E-state index contributed by atoms with van der Waals surface area (Å²) in [6.45, 7) is 4.64. The van der Waals surface area contributed by atoms with Gasteiger partial charge in [-0.15, -0.1) is 5.10 Å². The van der Waals surface area contributed by atoms with Gasteiger partial charge in [0, 0.05) is 37.6 Å². The minimum atomic E-state index is -0.440. The van der Waals surface area contributed by atoms with Gasteiger partial charge >= 0.3 is 0 Å². The average Bonchev–Trinajstić information content (AvgIpc) is 3.68. The molecule has 0 unspecified atom stereocenters. The Morgan fingerprint density at radius 1 is 1.15 bits per heavy atom. The van der Waals surface area contributed by atoms with Crippen molar-refractivity contribution >= 4 is 17.4 Å². The Balaban J connectivity index is 1.34. The van der Waals surface area contributed by atoms with Crippen LogP contribution in [0.1, 0.15) is 41.0 Å². The van der Waals surface area contributed by atoms with Gasteiger partial charge in [-0.25, -0.2) is 18.6 Å². The fourth-order valence-corrected chi connectivity index (χ4v) is 5.74. The summed E-state index contributed by atoms with van der Waals surface area (Å²) in [5.41, 5.74) is 2.41. The van der Waals surface area contributed by atoms with E-state index in [1.165, 1.54) is 23.9 Å². The second-order valence-electron chi connectivity index (χ2n) is 10.0. The molecule has 2 aromatic carbocycles. The van der Waals surface area contributed by atoms with Gasteiger partial charge in [0.25, 0.3) is 11.5 Å². The molecule has 3 aromatic heterocycles. The van der Waals surface area contributed by atoms with Crippen molar-refractivity contribution in [3.63, 3.8) is 0 Å². The van der Waals surface area contributed by atoms with Crippen LogP contribution in [0.3, 0.4) is 0 Å². The smallest absolute Gasteiger partial charge is 0.284 e. The molecule has 10 nitrogen and oxygen atoms in total. The van der Waals surface area contributed by atoms with Gasteiger partial charge < -0.3 is 15.0 Å². The Labute approximate surface area is 235 Å². The van der Waals surface area contributed by atoms with E-state index in [2.05, 4.69) is 10.3 Å². The van der Waals surface area contributed by atoms with E-state index in [0.29, 0.717) is 53.7 Å². The number of nitrogens with zero attached hydrogens (tertiary/aromatic N) is 6. The summed E-state index contributed by atoms with van der Waals surface area (Å²) in [4.78, 5) is 33.5. The Kier molecular flexibility index (Phi) is 6.78. The van der Waals surface area contributed by atoms with Crippen LogP contribution in [0.4, 0.5) is 10.2 Å². The third-order valence-corrected chi connectivity index (χ3v) is 7.61. The van der Waals surface area contributed by atoms with Crippen molar-refractivity contribution < 1.29 is 13.9 Å². The van der Waals surface area contributed by atoms with Crippen LogP contribution in [-0.4, -0.2) is 49.6 Å². The lowest BCUT2D eigenvalue weighted by molar-refractivity contribution is 0.0938. The predicted octanol–water partition coefficient (Wildman–Crippen LogP) is 3.91. The summed E-state index contributed by atoms with van der Waals surface area (Å²) in [5, 5.41) is 7.79. The molecule has 1 amide bonds. The van der Waals surface area contributed by atoms with E-state index >= 15 is 0 Å². The first-order chi connectivity index (χ1) is 19.9. The van der Waals surface area contributed by atoms with Crippen molar-refractivity contribution in [1.29, 1.82) is 0 Å². The molecule has 4 heterocycles. The van der Waals surface area contributed by atoms with Gasteiger partial charge in [-0.05, 0) is 62.2 Å². The maximum absolute atomic E-state index is 14.6. The SMILES string of the molecule is CCn1c(C)c(C(=O)N[C@H]2C[C@H](c3cc(F)cc(OC)c3)N(c3ccc4nccn4n3)C2)c(=O)n1-c1ccccc1. The Hall–Kier alpha value is -4.93. The summed E-state index contributed by atoms with van der Waals surface area (Å²) in [5.74, 6) is 0.205. The number of para-hydroxylation sites is 1. The molecule has 0 saturated carbocycles. The number of methoxy groups -OCH3 is 1. The molecule has 210 valence electrons. The molecule has 1 aliphatic rings. The van der Waals surface area contributed by atoms with Gasteiger partial charge in [0.05, 0.1) is 24.5 Å². The number of rotatable bonds is 7. The van der Waals surface area contributed by atoms with Crippen LogP contribution in [-0.2, 0) is 6.54 Å². The first kappa shape index (κ1) is 26.3. The molecule has 1 saturated heterocycles. The monoisotopic (exact) mass is 555 g/mol. The second kappa shape index (κ2) is 10.6. The van der Waals surface area contributed by atoms with E-state index in [4.69, 9.17) is 9.84 Å². The quantitative estimate of drug-likeness (QED) is 0.327. The first-order valence-electron chi connectivity index (χ1n) is 13.5. The van der Waals surface area contributed by atoms with Crippen molar-refractivity contribution in [2.45, 2.75) is 38.9 Å². The van der Waals surface area contributed by atoms with Crippen LogP contribution >= 0.6 is 0 Å². The molecule has 1 fully saturated rings. The minimum absolute atomic E-state index is 0.107. The normalized spacial score (nSPS) is 16.8. The van der Waals surface area contributed by atoms with Crippen molar-refractivity contribution in [2.75, 3.05) is 18.6 Å². The number of hydrogen-bond acceptors (Lipinski definition) is 6. The molecule has 6 rings (SSSR count). The van der Waals surface area contributed by atoms with Crippen molar-refractivity contribution in [2.24, 2.45) is 0 Å². The summed E-state index contributed by atoms with van der Waals surface area (Å²) in [7, 11) is 1.50. The number of halogens is 1. The largest absolute Gasteiger partial charge is 0.497 e. The number of ether oxygens (including phenoxy) is 1. The Morgan fingerprint density at radius 2 is 1.95 bits per heavy atom. The number of carbonyl (C=O) groups is 1. The number of fused-ring (bicyclic) bond motifs is 1. The standard InChI is InChI=1S/C30H30FN7O3/c1-4-37-19(2)28(30(40)38(37)23-8-6-5-7-9-23)29(39)33-22-17-25(20-14-21(31)16-24(15-20)41-3)35(18-22)27-11-10-26-32-12-13-36(26)34-27/h5-16,22,25H,4,17-18H2,1-3H3,(H,33,39)/t22-,25+/m0/s1. The summed E-state index contributed by atoms with van der Waals surface area (Å²) < 4.78 is 24.9. The van der Waals surface area contributed by atoms with Gasteiger partial charge in [0.15, 0.2) is 5.65 Å². The average molecular weight is 556 g/mol. The fraction of sp³-hybridized carbons (Fsp3) is 0.267. The number of amides is 1. The lowest BCUT2D eigenvalue weighted by Crippen LogP contribution is -2.39. The molecule has 0 aliphatic carbocycles. The van der Waals surface area contributed by atoms with Gasteiger partial charge in [-0.1, -0.05) is 18.2 Å². The second-order valence-corrected chi connectivity index (χ2v) is 10.0. The third kappa shape index (κ3) is 4.73. The van der Waals surface area contributed by atoms with E-state index in [1.54, 1.807) is 34.6 Å². The molecule has 1 aliphatic heterocycles. The van der Waals surface area contributed by atoms with Gasteiger partial charge in [0.1, 0.15) is 22.9 Å². The number of anilines is 1. The number of carbonyl (C=O) groups excluding carboxylic acids is 1. The number of hydrogen-bond donors (Lipinski definition) is 1. The van der Waals surface area contributed by atoms with Gasteiger partial charge in [-0.3, -0.25) is 14.3 Å². The zero-order chi connectivity index (χ0) is 28.7. The van der Waals surface area contributed by atoms with Crippen LogP contribution in [0.15, 0.2) is 77.9 Å². The van der Waals surface area contributed by atoms with Crippen molar-refractivity contribution in [3.8, 4) is 11.4 Å². The highest BCUT2D eigenvalue weighted by atomic mass is 19.1. The van der Waals surface area contributed by atoms with Crippen LogP contribution in [0.25, 0.3) is 11.3 Å². The number of nitrogens with one attached hydrogen (secondary N) is 1. The van der Waals surface area contributed by atoms with E-state index in [1.807, 2.05) is 54.3 Å². The molecule has 1 N–H and O–H groups in total. The molecule has 11 heteroatoms. The van der Waals surface area contributed by atoms with Crippen molar-refractivity contribution in [3.05, 3.63) is 106 Å². The first-order valence-corrected chi connectivity index (χ1v) is 13.5. The van der Waals surface area contributed by atoms with Crippen LogP contribution in [0.2, 0.25) is 0 Å². The molecule has 2 atom stereocenters. The molecule has 0 radical (unpaired) electrons. The summed E-state index contributed by atoms with van der Waals surface area (Å²) in [6.07, 6.45) is 3.90. The zero-order valence-electron chi connectivity index (χ0n) is 23.0. The van der Waals surface area contributed by atoms with Gasteiger partial charge in [-0.2, -0.15) is 0 Å². The highest BCUT2D eigenvalue weighted by Crippen LogP contribution is 2.37. The Bertz CT molecular complexity index is 1790. The van der Waals surface area contributed by atoms with E-state index in [0.717, 1.165) is 0 Å². The number of imidazole rings is 1. The third-order valence-electron chi connectivity index (χ3n) is 7.61. The lowest BCUT2D eigenvalue weighted by atomic mass is 10.0. The fourth-order valence-electron chi connectivity index (χ4n) is 5.74. The molecular formula is C30H30FN7O3. The predicted molar refractivity (Wildman–Crippen MR) is 152 cm³/mol. The van der Waals surface area contributed by atoms with Gasteiger partial charge in [0.2, 0.25) is 0 Å². The van der Waals surface area contributed by atoms with Crippen molar-refractivity contribution in [1.82, 2.24) is 29.3 Å². The number of aromatic nitrogens is 5. The lowest BCUT2D eigenvalue weighted by Gasteiger charge is -2.26.